The lowest BCUT2D eigenvalue weighted by Gasteiger charge is -2.36. The molecule has 1 N–H and O–H groups in total. The Labute approximate surface area is 160 Å². The van der Waals surface area contributed by atoms with Gasteiger partial charge in [0.15, 0.2) is 0 Å². The molecule has 8 nitrogen and oxygen atoms in total. The van der Waals surface area contributed by atoms with Gasteiger partial charge >= 0.3 is 0 Å². The van der Waals surface area contributed by atoms with Gasteiger partial charge in [-0.05, 0) is 25.0 Å². The fraction of sp³-hybridized carbons (Fsp3) is 0.556. The maximum Gasteiger partial charge on any atom is 0.242 e. The molecule has 1 atom stereocenters. The highest BCUT2D eigenvalue weighted by Gasteiger charge is 2.36. The Morgan fingerprint density at radius 3 is 2.37 bits per heavy atom. The predicted octanol–water partition coefficient (Wildman–Crippen LogP) is -0.125. The van der Waals surface area contributed by atoms with Crippen molar-refractivity contribution in [2.45, 2.75) is 18.9 Å². The van der Waals surface area contributed by atoms with Crippen molar-refractivity contribution in [3.8, 4) is 0 Å². The van der Waals surface area contributed by atoms with Gasteiger partial charge in [-0.3, -0.25) is 9.59 Å². The van der Waals surface area contributed by atoms with E-state index in [4.69, 9.17) is 0 Å². The minimum absolute atomic E-state index is 0.0989. The zero-order valence-corrected chi connectivity index (χ0v) is 16.3. The van der Waals surface area contributed by atoms with Crippen molar-refractivity contribution >= 4 is 27.5 Å². The summed E-state index contributed by atoms with van der Waals surface area (Å²) in [6, 6.07) is 9.35. The Morgan fingerprint density at radius 1 is 1.07 bits per heavy atom. The number of hydrogen-bond acceptors (Lipinski definition) is 5. The molecule has 0 bridgehead atoms. The number of carbonyl (C=O) groups is 2. The number of benzene rings is 1. The maximum absolute atomic E-state index is 12.4. The first-order valence-corrected chi connectivity index (χ1v) is 11.0. The van der Waals surface area contributed by atoms with Crippen LogP contribution >= 0.6 is 0 Å². The molecule has 27 heavy (non-hydrogen) atoms. The topological polar surface area (TPSA) is 90.0 Å². The smallest absolute Gasteiger partial charge is 0.242 e. The van der Waals surface area contributed by atoms with Crippen molar-refractivity contribution in [3.05, 3.63) is 30.3 Å². The van der Waals surface area contributed by atoms with Crippen LogP contribution in [0.4, 0.5) is 5.69 Å². The second kappa shape index (κ2) is 8.26. The van der Waals surface area contributed by atoms with Crippen LogP contribution < -0.4 is 10.2 Å². The highest BCUT2D eigenvalue weighted by molar-refractivity contribution is 7.88. The third kappa shape index (κ3) is 4.78. The molecule has 148 valence electrons. The minimum Gasteiger partial charge on any atom is -0.368 e. The predicted molar refractivity (Wildman–Crippen MR) is 103 cm³/mol. The lowest BCUT2D eigenvalue weighted by molar-refractivity contribution is -0.133. The Hall–Kier alpha value is -2.13. The van der Waals surface area contributed by atoms with Gasteiger partial charge in [0.25, 0.3) is 0 Å². The minimum atomic E-state index is -3.42. The number of nitrogens with one attached hydrogen (secondary N) is 1. The summed E-state index contributed by atoms with van der Waals surface area (Å²) in [5.41, 5.74) is 1.14. The summed E-state index contributed by atoms with van der Waals surface area (Å²) >= 11 is 0. The number of rotatable bonds is 5. The number of sulfonamides is 1. The summed E-state index contributed by atoms with van der Waals surface area (Å²) in [5.74, 6) is -0.533. The molecular formula is C18H26N4O4S. The quantitative estimate of drug-likeness (QED) is 0.752. The van der Waals surface area contributed by atoms with Crippen LogP contribution in [0.5, 0.6) is 0 Å². The summed E-state index contributed by atoms with van der Waals surface area (Å²) in [5, 5.41) is 2.62. The van der Waals surface area contributed by atoms with Crippen LogP contribution in [0.15, 0.2) is 30.3 Å². The van der Waals surface area contributed by atoms with Gasteiger partial charge in [-0.25, -0.2) is 8.42 Å². The average Bonchev–Trinajstić information content (AvgIpc) is 3.17. The number of hydrogen-bond donors (Lipinski definition) is 1. The molecule has 0 radical (unpaired) electrons. The molecule has 2 aliphatic heterocycles. The van der Waals surface area contributed by atoms with Gasteiger partial charge in [-0.15, -0.1) is 0 Å². The largest absolute Gasteiger partial charge is 0.368 e. The number of nitrogens with zero attached hydrogens (tertiary/aromatic N) is 3. The Morgan fingerprint density at radius 2 is 1.74 bits per heavy atom. The molecule has 1 aromatic carbocycles. The van der Waals surface area contributed by atoms with Gasteiger partial charge in [0.1, 0.15) is 6.04 Å². The average molecular weight is 394 g/mol. The van der Waals surface area contributed by atoms with E-state index in [2.05, 4.69) is 10.2 Å². The number of anilines is 1. The first-order chi connectivity index (χ1) is 12.9. The molecule has 2 amide bonds. The van der Waals surface area contributed by atoms with Gasteiger partial charge in [-0.2, -0.15) is 4.31 Å². The second-order valence-corrected chi connectivity index (χ2v) is 8.89. The van der Waals surface area contributed by atoms with Crippen LogP contribution in [-0.2, 0) is 19.6 Å². The number of carbonyl (C=O) groups excluding carboxylic acids is 2. The zero-order chi connectivity index (χ0) is 19.4. The van der Waals surface area contributed by atoms with E-state index in [0.29, 0.717) is 32.5 Å². The highest BCUT2D eigenvalue weighted by Crippen LogP contribution is 2.20. The lowest BCUT2D eigenvalue weighted by Crippen LogP contribution is -2.53. The standard InChI is InChI=1S/C18H26N4O4S/c1-27(25,26)22-9-5-8-16(22)18(24)19-14-17(23)21-12-10-20(11-13-21)15-6-3-2-4-7-15/h2-4,6-7,16H,5,8-14H2,1H3,(H,19,24). The van der Waals surface area contributed by atoms with E-state index >= 15 is 0 Å². The molecule has 3 rings (SSSR count). The third-order valence-electron chi connectivity index (χ3n) is 5.10. The molecule has 2 aliphatic rings. The molecule has 2 saturated heterocycles. The normalized spacial score (nSPS) is 21.3. The SMILES string of the molecule is CS(=O)(=O)N1CCCC1C(=O)NCC(=O)N1CCN(c2ccccc2)CC1. The second-order valence-electron chi connectivity index (χ2n) is 6.95. The van der Waals surface area contributed by atoms with Crippen molar-refractivity contribution in [3.63, 3.8) is 0 Å². The number of para-hydroxylation sites is 1. The molecule has 2 heterocycles. The van der Waals surface area contributed by atoms with E-state index in [1.807, 2.05) is 30.3 Å². The van der Waals surface area contributed by atoms with Crippen LogP contribution in [0.3, 0.4) is 0 Å². The van der Waals surface area contributed by atoms with E-state index in [1.54, 1.807) is 4.90 Å². The third-order valence-corrected chi connectivity index (χ3v) is 6.39. The maximum atomic E-state index is 12.4. The number of amides is 2. The van der Waals surface area contributed by atoms with Crippen LogP contribution in [0.1, 0.15) is 12.8 Å². The van der Waals surface area contributed by atoms with Crippen LogP contribution in [-0.4, -0.2) is 81.0 Å². The Bertz CT molecular complexity index is 776. The van der Waals surface area contributed by atoms with Gasteiger partial charge in [0, 0.05) is 38.4 Å². The van der Waals surface area contributed by atoms with Gasteiger partial charge in [0.05, 0.1) is 12.8 Å². The van der Waals surface area contributed by atoms with Crippen molar-refractivity contribution in [1.82, 2.24) is 14.5 Å². The van der Waals surface area contributed by atoms with Crippen molar-refractivity contribution < 1.29 is 18.0 Å². The molecule has 1 aromatic rings. The zero-order valence-electron chi connectivity index (χ0n) is 15.5. The lowest BCUT2D eigenvalue weighted by atomic mass is 10.2. The van der Waals surface area contributed by atoms with Crippen molar-refractivity contribution in [1.29, 1.82) is 0 Å². The first kappa shape index (κ1) is 19.6. The van der Waals surface area contributed by atoms with E-state index in [1.165, 1.54) is 4.31 Å². The summed E-state index contributed by atoms with van der Waals surface area (Å²) in [4.78, 5) is 28.7. The summed E-state index contributed by atoms with van der Waals surface area (Å²) in [7, 11) is -3.42. The van der Waals surface area contributed by atoms with E-state index in [0.717, 1.165) is 25.0 Å². The van der Waals surface area contributed by atoms with Gasteiger partial charge in [0.2, 0.25) is 21.8 Å². The Balaban J connectivity index is 1.47. The summed E-state index contributed by atoms with van der Waals surface area (Å²) in [6.45, 7) is 2.94. The first-order valence-electron chi connectivity index (χ1n) is 9.18. The van der Waals surface area contributed by atoms with Crippen molar-refractivity contribution in [2.75, 3.05) is 50.4 Å². The monoisotopic (exact) mass is 394 g/mol. The number of piperazine rings is 1. The summed E-state index contributed by atoms with van der Waals surface area (Å²) < 4.78 is 24.7. The summed E-state index contributed by atoms with van der Waals surface area (Å²) in [6.07, 6.45) is 2.25. The van der Waals surface area contributed by atoms with Crippen LogP contribution in [0, 0.1) is 0 Å². The fourth-order valence-corrected chi connectivity index (χ4v) is 4.77. The van der Waals surface area contributed by atoms with E-state index < -0.39 is 22.0 Å². The van der Waals surface area contributed by atoms with Gasteiger partial charge < -0.3 is 15.1 Å². The molecule has 0 aliphatic carbocycles. The Kier molecular flexibility index (Phi) is 6.01. The molecule has 9 heteroatoms. The van der Waals surface area contributed by atoms with Gasteiger partial charge in [-0.1, -0.05) is 18.2 Å². The van der Waals surface area contributed by atoms with Crippen LogP contribution in [0.25, 0.3) is 0 Å². The molecule has 0 saturated carbocycles. The van der Waals surface area contributed by atoms with E-state index in [9.17, 15) is 18.0 Å². The van der Waals surface area contributed by atoms with E-state index in [-0.39, 0.29) is 12.5 Å². The molecule has 2 fully saturated rings. The fourth-order valence-electron chi connectivity index (χ4n) is 3.64. The highest BCUT2D eigenvalue weighted by atomic mass is 32.2. The molecule has 0 aromatic heterocycles. The molecule has 0 spiro atoms. The van der Waals surface area contributed by atoms with Crippen molar-refractivity contribution in [2.24, 2.45) is 0 Å². The molecule has 1 unspecified atom stereocenters. The van der Waals surface area contributed by atoms with Crippen LogP contribution in [0.2, 0.25) is 0 Å². The molecular weight excluding hydrogens is 368 g/mol.